The highest BCUT2D eigenvalue weighted by atomic mass is 16.6. The van der Waals surface area contributed by atoms with Crippen molar-refractivity contribution >= 4 is 6.09 Å². The van der Waals surface area contributed by atoms with E-state index < -0.39 is 5.60 Å². The maximum Gasteiger partial charge on any atom is 0.410 e. The van der Waals surface area contributed by atoms with Gasteiger partial charge in [0.2, 0.25) is 0 Å². The van der Waals surface area contributed by atoms with Gasteiger partial charge in [-0.3, -0.25) is 0 Å². The highest BCUT2D eigenvalue weighted by molar-refractivity contribution is 5.68. The van der Waals surface area contributed by atoms with Gasteiger partial charge >= 0.3 is 6.09 Å². The van der Waals surface area contributed by atoms with Crippen LogP contribution in [-0.2, 0) is 4.74 Å². The molecule has 0 unspecified atom stereocenters. The van der Waals surface area contributed by atoms with E-state index in [1.807, 2.05) is 20.8 Å². The molecule has 2 N–H and O–H groups in total. The Bertz CT molecular complexity index is 276. The number of hydrogen-bond donors (Lipinski definition) is 2. The van der Waals surface area contributed by atoms with Crippen molar-refractivity contribution < 1.29 is 19.7 Å². The molecule has 5 heteroatoms. The molecule has 0 aromatic heterocycles. The predicted octanol–water partition coefficient (Wildman–Crippen LogP) is 1.77. The summed E-state index contributed by atoms with van der Waals surface area (Å²) in [6, 6.07) is 0. The average molecular weight is 273 g/mol. The molecule has 2 rings (SSSR count). The summed E-state index contributed by atoms with van der Waals surface area (Å²) < 4.78 is 5.22. The van der Waals surface area contributed by atoms with E-state index in [2.05, 4.69) is 0 Å². The molecule has 1 heterocycles. The van der Waals surface area contributed by atoms with Crippen molar-refractivity contribution in [2.75, 3.05) is 19.7 Å². The van der Waals surface area contributed by atoms with Gasteiger partial charge in [0.25, 0.3) is 0 Å². The number of hydrogen-bond acceptors (Lipinski definition) is 4. The number of carbonyl (C=O) groups is 1. The van der Waals surface area contributed by atoms with E-state index in [1.54, 1.807) is 4.90 Å². The van der Waals surface area contributed by atoms with Crippen molar-refractivity contribution in [2.45, 2.75) is 58.2 Å². The Balaban J connectivity index is 0.000000300. The second-order valence-corrected chi connectivity index (χ2v) is 6.32. The molecule has 1 aliphatic carbocycles. The van der Waals surface area contributed by atoms with E-state index in [0.29, 0.717) is 38.5 Å². The predicted molar refractivity (Wildman–Crippen MR) is 72.9 cm³/mol. The molecule has 0 spiro atoms. The van der Waals surface area contributed by atoms with Gasteiger partial charge in [-0.15, -0.1) is 0 Å². The average Bonchev–Trinajstić information content (AvgIpc) is 3.11. The lowest BCUT2D eigenvalue weighted by Crippen LogP contribution is -2.42. The van der Waals surface area contributed by atoms with E-state index in [0.717, 1.165) is 0 Å². The zero-order valence-corrected chi connectivity index (χ0v) is 12.3. The smallest absolute Gasteiger partial charge is 0.410 e. The first-order chi connectivity index (χ1) is 8.81. The summed E-state index contributed by atoms with van der Waals surface area (Å²) in [5.41, 5.74) is -0.437. The largest absolute Gasteiger partial charge is 0.444 e. The van der Waals surface area contributed by atoms with Crippen LogP contribution in [0.1, 0.15) is 46.5 Å². The topological polar surface area (TPSA) is 70.0 Å². The zero-order chi connectivity index (χ0) is 14.5. The summed E-state index contributed by atoms with van der Waals surface area (Å²) in [6.45, 7) is 7.16. The third-order valence-electron chi connectivity index (χ3n) is 3.07. The van der Waals surface area contributed by atoms with Crippen LogP contribution in [-0.4, -0.2) is 52.6 Å². The minimum absolute atomic E-state index is 0.256. The second-order valence-electron chi connectivity index (χ2n) is 6.32. The molecule has 1 aliphatic heterocycles. The minimum atomic E-state index is -0.437. The van der Waals surface area contributed by atoms with Gasteiger partial charge in [0, 0.05) is 19.7 Å². The molecule has 1 saturated heterocycles. The molecule has 0 aromatic carbocycles. The minimum Gasteiger partial charge on any atom is -0.444 e. The molecule has 2 fully saturated rings. The van der Waals surface area contributed by atoms with Gasteiger partial charge in [0.15, 0.2) is 0 Å². The first-order valence-electron chi connectivity index (χ1n) is 7.08. The lowest BCUT2D eigenvalue weighted by atomic mass is 10.1. The van der Waals surface area contributed by atoms with Crippen LogP contribution in [0.5, 0.6) is 0 Å². The van der Waals surface area contributed by atoms with Gasteiger partial charge in [-0.25, -0.2) is 4.79 Å². The van der Waals surface area contributed by atoms with Crippen LogP contribution in [0, 0.1) is 5.92 Å². The van der Waals surface area contributed by atoms with Crippen molar-refractivity contribution in [2.24, 2.45) is 5.92 Å². The van der Waals surface area contributed by atoms with Crippen LogP contribution in [0.25, 0.3) is 0 Å². The number of rotatable bonds is 1. The highest BCUT2D eigenvalue weighted by Crippen LogP contribution is 2.27. The third kappa shape index (κ3) is 7.38. The standard InChI is InChI=1S/C10H19NO3.C4H8O/c1-10(2,3)14-9(13)11-6-4-8(12)5-7-11;5-3-4-1-2-4/h8,12H,4-7H2,1-3H3;4-5H,1-3H2. The van der Waals surface area contributed by atoms with Crippen LogP contribution in [0.3, 0.4) is 0 Å². The van der Waals surface area contributed by atoms with Crippen LogP contribution >= 0.6 is 0 Å². The molecule has 1 amide bonds. The number of nitrogens with zero attached hydrogens (tertiary/aromatic N) is 1. The molecule has 0 bridgehead atoms. The first kappa shape index (κ1) is 16.2. The van der Waals surface area contributed by atoms with Crippen LogP contribution < -0.4 is 0 Å². The van der Waals surface area contributed by atoms with Gasteiger partial charge < -0.3 is 19.8 Å². The summed E-state index contributed by atoms with van der Waals surface area (Å²) in [6.07, 6.45) is 3.30. The van der Waals surface area contributed by atoms with Gasteiger partial charge in [-0.2, -0.15) is 0 Å². The maximum atomic E-state index is 11.5. The Morgan fingerprint density at radius 2 is 1.74 bits per heavy atom. The van der Waals surface area contributed by atoms with Crippen molar-refractivity contribution in [1.29, 1.82) is 0 Å². The molecule has 19 heavy (non-hydrogen) atoms. The number of carbonyl (C=O) groups excluding carboxylic acids is 1. The highest BCUT2D eigenvalue weighted by Gasteiger charge is 2.25. The Labute approximate surface area is 115 Å². The van der Waals surface area contributed by atoms with Gasteiger partial charge in [-0.05, 0) is 52.4 Å². The number of ether oxygens (including phenoxy) is 1. The van der Waals surface area contributed by atoms with Crippen molar-refractivity contribution in [1.82, 2.24) is 4.90 Å². The molecular formula is C14H27NO4. The van der Waals surface area contributed by atoms with E-state index in [-0.39, 0.29) is 12.2 Å². The van der Waals surface area contributed by atoms with Crippen molar-refractivity contribution in [3.63, 3.8) is 0 Å². The number of likely N-dealkylation sites (tertiary alicyclic amines) is 1. The summed E-state index contributed by atoms with van der Waals surface area (Å²) in [5.74, 6) is 0.690. The normalized spacial score (nSPS) is 20.6. The van der Waals surface area contributed by atoms with E-state index in [1.165, 1.54) is 12.8 Å². The van der Waals surface area contributed by atoms with Gasteiger partial charge in [0.1, 0.15) is 5.60 Å². The third-order valence-corrected chi connectivity index (χ3v) is 3.07. The summed E-state index contributed by atoms with van der Waals surface area (Å²) in [7, 11) is 0. The maximum absolute atomic E-state index is 11.5. The Hall–Kier alpha value is -0.810. The summed E-state index contributed by atoms with van der Waals surface area (Å²) in [4.78, 5) is 13.2. The Morgan fingerprint density at radius 3 is 2.05 bits per heavy atom. The van der Waals surface area contributed by atoms with Gasteiger partial charge in [-0.1, -0.05) is 0 Å². The number of piperidine rings is 1. The van der Waals surface area contributed by atoms with E-state index >= 15 is 0 Å². The number of aliphatic hydroxyl groups excluding tert-OH is 2. The summed E-state index contributed by atoms with van der Waals surface area (Å²) >= 11 is 0. The molecule has 0 aromatic rings. The second kappa shape index (κ2) is 7.10. The fraction of sp³-hybridized carbons (Fsp3) is 0.929. The quantitative estimate of drug-likeness (QED) is 0.764. The monoisotopic (exact) mass is 273 g/mol. The van der Waals surface area contributed by atoms with E-state index in [4.69, 9.17) is 9.84 Å². The summed E-state index contributed by atoms with van der Waals surface area (Å²) in [5, 5.41) is 17.5. The lowest BCUT2D eigenvalue weighted by molar-refractivity contribution is 0.0101. The molecular weight excluding hydrogens is 246 g/mol. The lowest BCUT2D eigenvalue weighted by Gasteiger charge is -2.31. The van der Waals surface area contributed by atoms with Crippen molar-refractivity contribution in [3.8, 4) is 0 Å². The van der Waals surface area contributed by atoms with Gasteiger partial charge in [0.05, 0.1) is 6.10 Å². The number of amides is 1. The molecule has 0 atom stereocenters. The fourth-order valence-corrected chi connectivity index (χ4v) is 1.68. The Kier molecular flexibility index (Phi) is 6.07. The first-order valence-corrected chi connectivity index (χ1v) is 7.08. The van der Waals surface area contributed by atoms with Crippen LogP contribution in [0.15, 0.2) is 0 Å². The Morgan fingerprint density at radius 1 is 1.21 bits per heavy atom. The molecule has 112 valence electrons. The van der Waals surface area contributed by atoms with E-state index in [9.17, 15) is 9.90 Å². The molecule has 1 saturated carbocycles. The zero-order valence-electron chi connectivity index (χ0n) is 12.3. The SMILES string of the molecule is CC(C)(C)OC(=O)N1CCC(O)CC1.OCC1CC1. The molecule has 5 nitrogen and oxygen atoms in total. The van der Waals surface area contributed by atoms with Crippen molar-refractivity contribution in [3.05, 3.63) is 0 Å². The number of aliphatic hydroxyl groups is 2. The van der Waals surface area contributed by atoms with Crippen LogP contribution in [0.2, 0.25) is 0 Å². The molecule has 2 aliphatic rings. The molecule has 0 radical (unpaired) electrons. The van der Waals surface area contributed by atoms with Crippen LogP contribution in [0.4, 0.5) is 4.79 Å². The fourth-order valence-electron chi connectivity index (χ4n) is 1.68.